The van der Waals surface area contributed by atoms with Crippen LogP contribution in [0.15, 0.2) is 48.5 Å². The van der Waals surface area contributed by atoms with Crippen molar-refractivity contribution in [2.24, 2.45) is 0 Å². The maximum Gasteiger partial charge on any atom is 0.269 e. The van der Waals surface area contributed by atoms with E-state index in [2.05, 4.69) is 5.32 Å². The van der Waals surface area contributed by atoms with Gasteiger partial charge >= 0.3 is 0 Å². The zero-order valence-electron chi connectivity index (χ0n) is 13.2. The van der Waals surface area contributed by atoms with Gasteiger partial charge in [0, 0.05) is 30.1 Å². The molecule has 24 heavy (non-hydrogen) atoms. The third kappa shape index (κ3) is 6.01. The van der Waals surface area contributed by atoms with Crippen LogP contribution in [0.5, 0.6) is 0 Å². The summed E-state index contributed by atoms with van der Waals surface area (Å²) in [6.45, 7) is 0.525. The molecule has 2 rings (SSSR count). The molecule has 5 nitrogen and oxygen atoms in total. The molecule has 0 fully saturated rings. The lowest BCUT2D eigenvalue weighted by Crippen LogP contribution is -2.25. The Labute approximate surface area is 145 Å². The average Bonchev–Trinajstić information content (AvgIpc) is 2.57. The summed E-state index contributed by atoms with van der Waals surface area (Å²) >= 11 is 5.83. The molecule has 0 saturated heterocycles. The standard InChI is InChI=1S/C18H19ClN2O3/c19-16-8-4-14(5-9-16)2-1-3-18(22)20-13-12-15-6-10-17(11-7-15)21(23)24/h4-11H,1-3,12-13H2,(H,20,22). The van der Waals surface area contributed by atoms with Gasteiger partial charge in [0.15, 0.2) is 0 Å². The first-order valence-corrected chi connectivity index (χ1v) is 8.17. The van der Waals surface area contributed by atoms with E-state index >= 15 is 0 Å². The van der Waals surface area contributed by atoms with Crippen molar-refractivity contribution in [2.45, 2.75) is 25.7 Å². The van der Waals surface area contributed by atoms with E-state index in [1.807, 2.05) is 24.3 Å². The number of aryl methyl sites for hydroxylation is 1. The highest BCUT2D eigenvalue weighted by molar-refractivity contribution is 6.30. The topological polar surface area (TPSA) is 72.2 Å². The number of non-ortho nitro benzene ring substituents is 1. The van der Waals surface area contributed by atoms with Crippen molar-refractivity contribution in [3.05, 3.63) is 74.8 Å². The lowest BCUT2D eigenvalue weighted by molar-refractivity contribution is -0.384. The molecule has 0 heterocycles. The molecule has 126 valence electrons. The summed E-state index contributed by atoms with van der Waals surface area (Å²) in [5.41, 5.74) is 2.20. The van der Waals surface area contributed by atoms with Crippen LogP contribution in [0.25, 0.3) is 0 Å². The van der Waals surface area contributed by atoms with Crippen molar-refractivity contribution in [2.75, 3.05) is 6.54 Å². The number of nitrogens with zero attached hydrogens (tertiary/aromatic N) is 1. The van der Waals surface area contributed by atoms with Gasteiger partial charge in [-0.25, -0.2) is 0 Å². The Kier molecular flexibility index (Phi) is 6.75. The highest BCUT2D eigenvalue weighted by Crippen LogP contribution is 2.13. The summed E-state index contributed by atoms with van der Waals surface area (Å²) in [6, 6.07) is 14.0. The minimum atomic E-state index is -0.424. The lowest BCUT2D eigenvalue weighted by Gasteiger charge is -2.06. The maximum atomic E-state index is 11.8. The van der Waals surface area contributed by atoms with E-state index in [4.69, 9.17) is 11.6 Å². The van der Waals surface area contributed by atoms with E-state index in [0.29, 0.717) is 24.4 Å². The van der Waals surface area contributed by atoms with E-state index < -0.39 is 4.92 Å². The highest BCUT2D eigenvalue weighted by atomic mass is 35.5. The Hall–Kier alpha value is -2.40. The molecule has 2 aromatic rings. The Morgan fingerprint density at radius 3 is 2.21 bits per heavy atom. The quantitative estimate of drug-likeness (QED) is 0.581. The van der Waals surface area contributed by atoms with Gasteiger partial charge in [-0.05, 0) is 42.5 Å². The molecular weight excluding hydrogens is 328 g/mol. The molecule has 6 heteroatoms. The van der Waals surface area contributed by atoms with E-state index in [1.165, 1.54) is 12.1 Å². The zero-order valence-corrected chi connectivity index (χ0v) is 14.0. The van der Waals surface area contributed by atoms with Crippen LogP contribution < -0.4 is 5.32 Å². The average molecular weight is 347 g/mol. The van der Waals surface area contributed by atoms with Crippen LogP contribution >= 0.6 is 11.6 Å². The number of amides is 1. The molecule has 0 unspecified atom stereocenters. The molecule has 0 saturated carbocycles. The molecule has 0 bridgehead atoms. The van der Waals surface area contributed by atoms with Gasteiger partial charge in [0.05, 0.1) is 4.92 Å². The number of nitro groups is 1. The first-order valence-electron chi connectivity index (χ1n) is 7.79. The summed E-state index contributed by atoms with van der Waals surface area (Å²) < 4.78 is 0. The van der Waals surface area contributed by atoms with Crippen molar-refractivity contribution < 1.29 is 9.72 Å². The fraction of sp³-hybridized carbons (Fsp3) is 0.278. The molecule has 0 aromatic heterocycles. The Morgan fingerprint density at radius 1 is 1.00 bits per heavy atom. The molecule has 2 aromatic carbocycles. The van der Waals surface area contributed by atoms with Gasteiger partial charge in [0.2, 0.25) is 5.91 Å². The Morgan fingerprint density at radius 2 is 1.58 bits per heavy atom. The molecule has 0 spiro atoms. The highest BCUT2D eigenvalue weighted by Gasteiger charge is 2.05. The van der Waals surface area contributed by atoms with Crippen LogP contribution in [0.1, 0.15) is 24.0 Å². The minimum absolute atomic E-state index is 0.0193. The number of nitrogens with one attached hydrogen (secondary N) is 1. The minimum Gasteiger partial charge on any atom is -0.356 e. The smallest absolute Gasteiger partial charge is 0.269 e. The number of hydrogen-bond donors (Lipinski definition) is 1. The second kappa shape index (κ2) is 9.03. The molecule has 1 amide bonds. The fourth-order valence-corrected chi connectivity index (χ4v) is 2.45. The van der Waals surface area contributed by atoms with Crippen LogP contribution in [0, 0.1) is 10.1 Å². The lowest BCUT2D eigenvalue weighted by atomic mass is 10.1. The summed E-state index contributed by atoms with van der Waals surface area (Å²) in [7, 11) is 0. The van der Waals surface area contributed by atoms with Gasteiger partial charge in [0.1, 0.15) is 0 Å². The monoisotopic (exact) mass is 346 g/mol. The molecule has 0 aliphatic carbocycles. The van der Waals surface area contributed by atoms with Crippen molar-refractivity contribution in [1.29, 1.82) is 0 Å². The normalized spacial score (nSPS) is 10.4. The van der Waals surface area contributed by atoms with E-state index in [0.717, 1.165) is 24.0 Å². The SMILES string of the molecule is O=C(CCCc1ccc(Cl)cc1)NCCc1ccc([N+](=O)[O-])cc1. The largest absolute Gasteiger partial charge is 0.356 e. The van der Waals surface area contributed by atoms with Crippen LogP contribution in [0.4, 0.5) is 5.69 Å². The predicted octanol–water partition coefficient (Wildman–Crippen LogP) is 3.93. The number of benzene rings is 2. The summed E-state index contributed by atoms with van der Waals surface area (Å²) in [6.07, 6.45) is 2.75. The third-order valence-corrected chi connectivity index (χ3v) is 3.92. The molecule has 0 aliphatic rings. The number of rotatable bonds is 8. The van der Waals surface area contributed by atoms with E-state index in [9.17, 15) is 14.9 Å². The number of nitro benzene ring substituents is 1. The second-order valence-electron chi connectivity index (χ2n) is 5.50. The maximum absolute atomic E-state index is 11.8. The van der Waals surface area contributed by atoms with E-state index in [-0.39, 0.29) is 11.6 Å². The summed E-state index contributed by atoms with van der Waals surface area (Å²) in [5.74, 6) is 0.0193. The zero-order chi connectivity index (χ0) is 17.4. The van der Waals surface area contributed by atoms with Crippen molar-refractivity contribution in [1.82, 2.24) is 5.32 Å². The van der Waals surface area contributed by atoms with Crippen molar-refractivity contribution >= 4 is 23.2 Å². The fourth-order valence-electron chi connectivity index (χ4n) is 2.32. The molecule has 1 N–H and O–H groups in total. The van der Waals surface area contributed by atoms with Crippen LogP contribution in [-0.2, 0) is 17.6 Å². The van der Waals surface area contributed by atoms with Gasteiger partial charge in [-0.2, -0.15) is 0 Å². The first kappa shape index (κ1) is 17.9. The van der Waals surface area contributed by atoms with Crippen LogP contribution in [0.3, 0.4) is 0 Å². The van der Waals surface area contributed by atoms with Gasteiger partial charge < -0.3 is 5.32 Å². The predicted molar refractivity (Wildman–Crippen MR) is 94.2 cm³/mol. The number of carbonyl (C=O) groups is 1. The van der Waals surface area contributed by atoms with Crippen molar-refractivity contribution in [3.63, 3.8) is 0 Å². The van der Waals surface area contributed by atoms with E-state index in [1.54, 1.807) is 12.1 Å². The van der Waals surface area contributed by atoms with Gasteiger partial charge in [-0.3, -0.25) is 14.9 Å². The first-order chi connectivity index (χ1) is 11.5. The van der Waals surface area contributed by atoms with Crippen LogP contribution in [-0.4, -0.2) is 17.4 Å². The van der Waals surface area contributed by atoms with Crippen molar-refractivity contribution in [3.8, 4) is 0 Å². The van der Waals surface area contributed by atoms with Crippen LogP contribution in [0.2, 0.25) is 5.02 Å². The van der Waals surface area contributed by atoms with Gasteiger partial charge in [-0.15, -0.1) is 0 Å². The van der Waals surface area contributed by atoms with Gasteiger partial charge in [-0.1, -0.05) is 35.9 Å². The molecule has 0 atom stereocenters. The number of hydrogen-bond acceptors (Lipinski definition) is 3. The Balaban J connectivity index is 1.64. The number of halogens is 1. The second-order valence-corrected chi connectivity index (χ2v) is 5.94. The third-order valence-electron chi connectivity index (χ3n) is 3.67. The summed E-state index contributed by atoms with van der Waals surface area (Å²) in [4.78, 5) is 22.0. The molecular formula is C18H19ClN2O3. The molecule has 0 aliphatic heterocycles. The summed E-state index contributed by atoms with van der Waals surface area (Å²) in [5, 5.41) is 14.2. The van der Waals surface area contributed by atoms with Gasteiger partial charge in [0.25, 0.3) is 5.69 Å². The molecule has 0 radical (unpaired) electrons. The Bertz CT molecular complexity index is 684. The number of carbonyl (C=O) groups excluding carboxylic acids is 1.